The van der Waals surface area contributed by atoms with Crippen molar-refractivity contribution in [3.05, 3.63) is 28.0 Å². The molecule has 0 unspecified atom stereocenters. The molecule has 3 heteroatoms. The van der Waals surface area contributed by atoms with Crippen LogP contribution in [0.3, 0.4) is 0 Å². The van der Waals surface area contributed by atoms with Gasteiger partial charge >= 0.3 is 5.97 Å². The summed E-state index contributed by atoms with van der Waals surface area (Å²) in [5, 5.41) is 0. The van der Waals surface area contributed by atoms with Crippen LogP contribution in [0.1, 0.15) is 34.8 Å². The maximum atomic E-state index is 11.2. The van der Waals surface area contributed by atoms with E-state index in [9.17, 15) is 4.79 Å². The van der Waals surface area contributed by atoms with Crippen molar-refractivity contribution in [2.45, 2.75) is 20.3 Å². The number of carbonyl (C=O) groups excluding carboxylic acids is 1. The Morgan fingerprint density at radius 3 is 2.64 bits per heavy atom. The minimum absolute atomic E-state index is 0.257. The molecule has 0 radical (unpaired) electrons. The van der Waals surface area contributed by atoms with Gasteiger partial charge < -0.3 is 4.74 Å². The first kappa shape index (κ1) is 11.0. The Kier molecular flexibility index (Phi) is 3.89. The van der Waals surface area contributed by atoms with E-state index in [0.29, 0.717) is 4.88 Å². The largest absolute Gasteiger partial charge is 0.465 e. The molecule has 0 aromatic carbocycles. The molecule has 2 nitrogen and oxygen atoms in total. The normalized spacial score (nSPS) is 11.5. The van der Waals surface area contributed by atoms with Gasteiger partial charge in [-0.05, 0) is 31.1 Å². The Labute approximate surface area is 88.2 Å². The molecule has 1 aromatic heterocycles. The van der Waals surface area contributed by atoms with E-state index in [1.807, 2.05) is 19.1 Å². The van der Waals surface area contributed by atoms with Crippen LogP contribution in [0.5, 0.6) is 0 Å². The predicted molar refractivity (Wildman–Crippen MR) is 59.6 cm³/mol. The van der Waals surface area contributed by atoms with Crippen LogP contribution in [0.4, 0.5) is 0 Å². The molecule has 0 saturated heterocycles. The van der Waals surface area contributed by atoms with E-state index in [2.05, 4.69) is 17.7 Å². The highest BCUT2D eigenvalue weighted by molar-refractivity contribution is 7.15. The molecule has 0 spiro atoms. The maximum absolute atomic E-state index is 11.2. The molecule has 0 aliphatic rings. The third-order valence-corrected chi connectivity index (χ3v) is 3.18. The van der Waals surface area contributed by atoms with E-state index in [1.54, 1.807) is 0 Å². The summed E-state index contributed by atoms with van der Waals surface area (Å²) in [4.78, 5) is 13.0. The standard InChI is InChI=1S/C11H14O2S/c1-4-8(5-2)9-6-7-10(14-9)11(12)13-3/h4,6-7H,5H2,1-3H3/b8-4+. The lowest BCUT2D eigenvalue weighted by molar-refractivity contribution is 0.0606. The predicted octanol–water partition coefficient (Wildman–Crippen LogP) is 3.35. The van der Waals surface area contributed by atoms with Crippen LogP contribution in [0.2, 0.25) is 0 Å². The fourth-order valence-electron chi connectivity index (χ4n) is 1.24. The Balaban J connectivity index is 2.93. The van der Waals surface area contributed by atoms with Crippen LogP contribution in [-0.4, -0.2) is 13.1 Å². The number of hydrogen-bond donors (Lipinski definition) is 0. The molecule has 0 saturated carbocycles. The van der Waals surface area contributed by atoms with Gasteiger partial charge in [0.15, 0.2) is 0 Å². The van der Waals surface area contributed by atoms with Crippen molar-refractivity contribution in [1.29, 1.82) is 0 Å². The smallest absolute Gasteiger partial charge is 0.348 e. The average molecular weight is 210 g/mol. The molecule has 14 heavy (non-hydrogen) atoms. The van der Waals surface area contributed by atoms with Gasteiger partial charge in [-0.3, -0.25) is 0 Å². The molecule has 0 bridgehead atoms. The lowest BCUT2D eigenvalue weighted by Crippen LogP contribution is -1.96. The molecule has 0 aliphatic carbocycles. The number of carbonyl (C=O) groups is 1. The number of esters is 1. The molecule has 0 fully saturated rings. The molecule has 1 aromatic rings. The van der Waals surface area contributed by atoms with Crippen molar-refractivity contribution < 1.29 is 9.53 Å². The van der Waals surface area contributed by atoms with E-state index in [1.165, 1.54) is 24.0 Å². The summed E-state index contributed by atoms with van der Waals surface area (Å²) in [6.45, 7) is 4.11. The molecule has 1 heterocycles. The van der Waals surface area contributed by atoms with E-state index in [-0.39, 0.29) is 5.97 Å². The number of rotatable bonds is 3. The first-order chi connectivity index (χ1) is 6.72. The lowest BCUT2D eigenvalue weighted by Gasteiger charge is -1.98. The molecule has 0 aliphatic heterocycles. The molecule has 0 amide bonds. The van der Waals surface area contributed by atoms with E-state index >= 15 is 0 Å². The van der Waals surface area contributed by atoms with E-state index < -0.39 is 0 Å². The number of hydrogen-bond acceptors (Lipinski definition) is 3. The molecular formula is C11H14O2S. The molecule has 0 N–H and O–H groups in total. The lowest BCUT2D eigenvalue weighted by atomic mass is 10.1. The summed E-state index contributed by atoms with van der Waals surface area (Å²) in [6, 6.07) is 3.78. The number of ether oxygens (including phenoxy) is 1. The SMILES string of the molecule is C/C=C(\CC)c1ccc(C(=O)OC)s1. The fraction of sp³-hybridized carbons (Fsp3) is 0.364. The van der Waals surface area contributed by atoms with Crippen molar-refractivity contribution in [3.8, 4) is 0 Å². The maximum Gasteiger partial charge on any atom is 0.348 e. The van der Waals surface area contributed by atoms with Crippen LogP contribution >= 0.6 is 11.3 Å². The first-order valence-electron chi connectivity index (χ1n) is 4.56. The average Bonchev–Trinajstić information content (AvgIpc) is 2.68. The van der Waals surface area contributed by atoms with Crippen molar-refractivity contribution in [1.82, 2.24) is 0 Å². The molecule has 0 atom stereocenters. The van der Waals surface area contributed by atoms with E-state index in [4.69, 9.17) is 0 Å². The van der Waals surface area contributed by atoms with Gasteiger partial charge in [0, 0.05) is 4.88 Å². The van der Waals surface area contributed by atoms with Crippen LogP contribution in [0.15, 0.2) is 18.2 Å². The van der Waals surface area contributed by atoms with Crippen molar-refractivity contribution in [3.63, 3.8) is 0 Å². The number of methoxy groups -OCH3 is 1. The van der Waals surface area contributed by atoms with Crippen LogP contribution in [0, 0.1) is 0 Å². The first-order valence-corrected chi connectivity index (χ1v) is 5.38. The van der Waals surface area contributed by atoms with Crippen LogP contribution in [-0.2, 0) is 4.74 Å². The van der Waals surface area contributed by atoms with Gasteiger partial charge in [-0.25, -0.2) is 4.79 Å². The summed E-state index contributed by atoms with van der Waals surface area (Å²) in [7, 11) is 1.40. The zero-order chi connectivity index (χ0) is 10.6. The highest BCUT2D eigenvalue weighted by atomic mass is 32.1. The second-order valence-corrected chi connectivity index (χ2v) is 3.91. The van der Waals surface area contributed by atoms with Crippen LogP contribution < -0.4 is 0 Å². The summed E-state index contributed by atoms with van der Waals surface area (Å²) >= 11 is 1.48. The highest BCUT2D eigenvalue weighted by Gasteiger charge is 2.09. The summed E-state index contributed by atoms with van der Waals surface area (Å²) in [5.74, 6) is -0.257. The number of thiophene rings is 1. The van der Waals surface area contributed by atoms with Gasteiger partial charge in [0.25, 0.3) is 0 Å². The van der Waals surface area contributed by atoms with Gasteiger partial charge in [0.05, 0.1) is 7.11 Å². The minimum atomic E-state index is -0.257. The second-order valence-electron chi connectivity index (χ2n) is 2.82. The quantitative estimate of drug-likeness (QED) is 0.715. The Morgan fingerprint density at radius 1 is 1.50 bits per heavy atom. The van der Waals surface area contributed by atoms with Gasteiger partial charge in [-0.1, -0.05) is 13.0 Å². The Bertz CT molecular complexity index is 350. The third-order valence-electron chi connectivity index (χ3n) is 2.04. The van der Waals surface area contributed by atoms with Crippen molar-refractivity contribution in [2.24, 2.45) is 0 Å². The minimum Gasteiger partial charge on any atom is -0.465 e. The van der Waals surface area contributed by atoms with Crippen molar-refractivity contribution >= 4 is 22.9 Å². The highest BCUT2D eigenvalue weighted by Crippen LogP contribution is 2.26. The molecule has 1 rings (SSSR count). The molecule has 76 valence electrons. The molecular weight excluding hydrogens is 196 g/mol. The van der Waals surface area contributed by atoms with Crippen molar-refractivity contribution in [2.75, 3.05) is 7.11 Å². The zero-order valence-electron chi connectivity index (χ0n) is 8.66. The van der Waals surface area contributed by atoms with Gasteiger partial charge in [0.1, 0.15) is 4.88 Å². The monoisotopic (exact) mass is 210 g/mol. The number of allylic oxidation sites excluding steroid dienone is 2. The third kappa shape index (κ3) is 2.23. The Hall–Kier alpha value is -1.09. The van der Waals surface area contributed by atoms with Gasteiger partial charge in [0.2, 0.25) is 0 Å². The summed E-state index contributed by atoms with van der Waals surface area (Å²) in [6.07, 6.45) is 3.06. The van der Waals surface area contributed by atoms with E-state index in [0.717, 1.165) is 11.3 Å². The zero-order valence-corrected chi connectivity index (χ0v) is 9.48. The van der Waals surface area contributed by atoms with Gasteiger partial charge in [-0.2, -0.15) is 0 Å². The topological polar surface area (TPSA) is 26.3 Å². The van der Waals surface area contributed by atoms with Crippen LogP contribution in [0.25, 0.3) is 5.57 Å². The Morgan fingerprint density at radius 2 is 2.14 bits per heavy atom. The van der Waals surface area contributed by atoms with Gasteiger partial charge in [-0.15, -0.1) is 11.3 Å². The fourth-order valence-corrected chi connectivity index (χ4v) is 2.31. The second kappa shape index (κ2) is 4.96. The summed E-state index contributed by atoms with van der Waals surface area (Å²) < 4.78 is 4.65. The summed E-state index contributed by atoms with van der Waals surface area (Å²) in [5.41, 5.74) is 1.27.